The van der Waals surface area contributed by atoms with Crippen molar-refractivity contribution in [1.29, 1.82) is 0 Å². The molecule has 2 heterocycles. The van der Waals surface area contributed by atoms with Gasteiger partial charge in [0.05, 0.1) is 0 Å². The van der Waals surface area contributed by atoms with Crippen LogP contribution in [0.3, 0.4) is 0 Å². The third-order valence-electron chi connectivity index (χ3n) is 7.83. The normalized spacial score (nSPS) is 30.2. The Labute approximate surface area is 229 Å². The Morgan fingerprint density at radius 3 is 1.18 bits per heavy atom. The van der Waals surface area contributed by atoms with Crippen LogP contribution in [0.25, 0.3) is 9.81 Å². The Bertz CT molecular complexity index is 1410. The molecule has 2 aliphatic carbocycles. The third-order valence-corrected chi connectivity index (χ3v) is 11.3. The Morgan fingerprint density at radius 1 is 0.538 bits per heavy atom. The van der Waals surface area contributed by atoms with Crippen molar-refractivity contribution in [3.63, 3.8) is 0 Å². The SMILES string of the molecule is COC12SC(c3ccccc3)=C(C)C1=C1C(=C3C(C)=C(c4ccccc4)SC32OC)C(F)(F)C(F)(F)C1(F)F. The third kappa shape index (κ3) is 2.96. The zero-order valence-electron chi connectivity index (χ0n) is 21.2. The summed E-state index contributed by atoms with van der Waals surface area (Å²) in [5.74, 6) is -16.0. The first-order chi connectivity index (χ1) is 18.3. The summed E-state index contributed by atoms with van der Waals surface area (Å²) in [5, 5.41) is 0. The van der Waals surface area contributed by atoms with Crippen molar-refractivity contribution in [1.82, 2.24) is 0 Å². The smallest absolute Gasteiger partial charge is 0.358 e. The lowest BCUT2D eigenvalue weighted by atomic mass is 9.76. The summed E-state index contributed by atoms with van der Waals surface area (Å²) in [4.78, 5) is -2.85. The molecule has 10 heteroatoms. The molecule has 4 aliphatic rings. The highest BCUT2D eigenvalue weighted by atomic mass is 32.2. The molecule has 2 aliphatic heterocycles. The standard InChI is InChI=1S/C29H22F6O2S2/c1-15-19-21-22(26(32,33)29(34,35)25(21,30)31)20-16(2)24(18-13-9-6-10-14-18)39-28(20,37-4)27(19,36-3)38-23(15)17-11-7-5-8-12-17/h5-14H,1-4H3. The van der Waals surface area contributed by atoms with Crippen molar-refractivity contribution >= 4 is 33.3 Å². The zero-order chi connectivity index (χ0) is 28.2. The van der Waals surface area contributed by atoms with Crippen molar-refractivity contribution in [2.24, 2.45) is 0 Å². The van der Waals surface area contributed by atoms with Crippen LogP contribution in [0.15, 0.2) is 94.1 Å². The van der Waals surface area contributed by atoms with E-state index < -0.39 is 49.9 Å². The van der Waals surface area contributed by atoms with Crippen LogP contribution in [0.1, 0.15) is 25.0 Å². The lowest BCUT2D eigenvalue weighted by molar-refractivity contribution is -0.258. The van der Waals surface area contributed by atoms with Crippen LogP contribution < -0.4 is 0 Å². The molecule has 1 fully saturated rings. The van der Waals surface area contributed by atoms with Crippen molar-refractivity contribution in [2.75, 3.05) is 14.2 Å². The Morgan fingerprint density at radius 2 is 0.872 bits per heavy atom. The molecular weight excluding hydrogens is 558 g/mol. The van der Waals surface area contributed by atoms with E-state index in [1.165, 1.54) is 28.1 Å². The zero-order valence-corrected chi connectivity index (χ0v) is 22.8. The maximum Gasteiger partial charge on any atom is 0.380 e. The molecule has 0 saturated heterocycles. The van der Waals surface area contributed by atoms with Gasteiger partial charge >= 0.3 is 17.8 Å². The average molecular weight is 581 g/mol. The van der Waals surface area contributed by atoms with E-state index in [-0.39, 0.29) is 11.1 Å². The van der Waals surface area contributed by atoms with Gasteiger partial charge < -0.3 is 9.47 Å². The van der Waals surface area contributed by atoms with E-state index in [0.29, 0.717) is 20.9 Å². The highest BCUT2D eigenvalue weighted by Gasteiger charge is 2.86. The van der Waals surface area contributed by atoms with Crippen LogP contribution in [-0.4, -0.2) is 41.9 Å². The van der Waals surface area contributed by atoms with E-state index in [2.05, 4.69) is 0 Å². The molecule has 2 aromatic carbocycles. The van der Waals surface area contributed by atoms with Gasteiger partial charge in [0, 0.05) is 46.3 Å². The average Bonchev–Trinajstić information content (AvgIpc) is 3.44. The molecular formula is C29H22F6O2S2. The van der Waals surface area contributed by atoms with Gasteiger partial charge in [-0.2, -0.15) is 26.3 Å². The van der Waals surface area contributed by atoms with Gasteiger partial charge in [-0.25, -0.2) is 0 Å². The lowest BCUT2D eigenvalue weighted by Crippen LogP contribution is -2.56. The largest absolute Gasteiger partial charge is 0.380 e. The molecule has 0 aromatic heterocycles. The molecule has 2 atom stereocenters. The Kier molecular flexibility index (Phi) is 5.71. The summed E-state index contributed by atoms with van der Waals surface area (Å²) in [7, 11) is 2.52. The number of allylic oxidation sites excluding steroid dienone is 2. The van der Waals surface area contributed by atoms with E-state index in [1.807, 2.05) is 0 Å². The number of benzene rings is 2. The van der Waals surface area contributed by atoms with Crippen LogP contribution in [0, 0.1) is 0 Å². The molecule has 2 aromatic rings. The summed E-state index contributed by atoms with van der Waals surface area (Å²) in [6, 6.07) is 17.5. The summed E-state index contributed by atoms with van der Waals surface area (Å²) in [5.41, 5.74) is -2.00. The molecule has 39 heavy (non-hydrogen) atoms. The van der Waals surface area contributed by atoms with Gasteiger partial charge in [0.1, 0.15) is 0 Å². The van der Waals surface area contributed by atoms with Gasteiger partial charge in [0.15, 0.2) is 9.87 Å². The van der Waals surface area contributed by atoms with E-state index in [9.17, 15) is 0 Å². The molecule has 2 unspecified atom stereocenters. The Hall–Kier alpha value is -2.40. The minimum absolute atomic E-state index is 0.163. The van der Waals surface area contributed by atoms with Gasteiger partial charge in [0.25, 0.3) is 0 Å². The van der Waals surface area contributed by atoms with Crippen LogP contribution in [0.5, 0.6) is 0 Å². The van der Waals surface area contributed by atoms with Gasteiger partial charge in [-0.1, -0.05) is 84.2 Å². The number of fused-ring (bicyclic) bond motifs is 4. The van der Waals surface area contributed by atoms with Crippen molar-refractivity contribution < 1.29 is 35.8 Å². The quantitative estimate of drug-likeness (QED) is 0.337. The fourth-order valence-electron chi connectivity index (χ4n) is 6.11. The number of alkyl halides is 6. The molecule has 0 N–H and O–H groups in total. The summed E-state index contributed by atoms with van der Waals surface area (Å²) >= 11 is 2.04. The van der Waals surface area contributed by atoms with Crippen LogP contribution in [0.4, 0.5) is 26.3 Å². The highest BCUT2D eigenvalue weighted by molar-refractivity contribution is 8.14. The molecule has 204 valence electrons. The molecule has 0 radical (unpaired) electrons. The second kappa shape index (κ2) is 8.31. The van der Waals surface area contributed by atoms with Crippen molar-refractivity contribution in [2.45, 2.75) is 41.5 Å². The molecule has 6 rings (SSSR count). The maximum absolute atomic E-state index is 15.8. The van der Waals surface area contributed by atoms with Crippen LogP contribution in [-0.2, 0) is 9.47 Å². The molecule has 0 spiro atoms. The molecule has 2 nitrogen and oxygen atoms in total. The minimum atomic E-state index is -5.67. The van der Waals surface area contributed by atoms with E-state index >= 15 is 26.3 Å². The van der Waals surface area contributed by atoms with Crippen LogP contribution >= 0.6 is 23.5 Å². The fraction of sp³-hybridized carbons (Fsp3) is 0.310. The van der Waals surface area contributed by atoms with Gasteiger partial charge in [-0.3, -0.25) is 0 Å². The number of halogens is 6. The van der Waals surface area contributed by atoms with Crippen molar-refractivity contribution in [3.05, 3.63) is 105 Å². The topological polar surface area (TPSA) is 18.5 Å². The number of rotatable bonds is 4. The molecule has 1 saturated carbocycles. The maximum atomic E-state index is 15.8. The first-order valence-corrected chi connectivity index (χ1v) is 13.6. The summed E-state index contributed by atoms with van der Waals surface area (Å²) in [6.45, 7) is 2.96. The first-order valence-electron chi connectivity index (χ1n) is 12.0. The second-order valence-electron chi connectivity index (χ2n) is 9.71. The predicted molar refractivity (Wildman–Crippen MR) is 142 cm³/mol. The number of methoxy groups -OCH3 is 2. The first kappa shape index (κ1) is 26.8. The van der Waals surface area contributed by atoms with Crippen LogP contribution in [0.2, 0.25) is 0 Å². The predicted octanol–water partition coefficient (Wildman–Crippen LogP) is 8.55. The lowest BCUT2D eigenvalue weighted by Gasteiger charge is -2.49. The monoisotopic (exact) mass is 580 g/mol. The van der Waals surface area contributed by atoms with Gasteiger partial charge in [-0.05, 0) is 36.1 Å². The summed E-state index contributed by atoms with van der Waals surface area (Å²) < 4.78 is 105. The van der Waals surface area contributed by atoms with E-state index in [0.717, 1.165) is 23.5 Å². The second-order valence-corrected chi connectivity index (χ2v) is 12.1. The number of ether oxygens (including phenoxy) is 2. The summed E-state index contributed by atoms with van der Waals surface area (Å²) in [6.07, 6.45) is 0. The Balaban J connectivity index is 1.79. The van der Waals surface area contributed by atoms with Gasteiger partial charge in [0.2, 0.25) is 0 Å². The van der Waals surface area contributed by atoms with Gasteiger partial charge in [-0.15, -0.1) is 0 Å². The van der Waals surface area contributed by atoms with E-state index in [4.69, 9.17) is 9.47 Å². The fourth-order valence-corrected chi connectivity index (χ4v) is 9.47. The van der Waals surface area contributed by atoms with E-state index in [1.54, 1.807) is 60.7 Å². The minimum Gasteiger partial charge on any atom is -0.358 e. The number of thioether (sulfide) groups is 2. The molecule has 0 amide bonds. The highest BCUT2D eigenvalue weighted by Crippen LogP contribution is 2.77. The van der Waals surface area contributed by atoms with Crippen molar-refractivity contribution in [3.8, 4) is 0 Å². The number of hydrogen-bond acceptors (Lipinski definition) is 4. The molecule has 0 bridgehead atoms. The number of hydrogen-bond donors (Lipinski definition) is 0.